The van der Waals surface area contributed by atoms with E-state index in [1.807, 2.05) is 90.3 Å². The standard InChI is InChI=1S/C28H23NO4S/c1-18(30)19-7-9-20(10-8-19)21-11-13-22(14-12-21)24-15-26(34-17-24)28(33)29-25(16-27(31)32)23-5-3-2-4-6-23/h2-15,17,25H,16H2,1H3,(H,29,33)(H,31,32). The van der Waals surface area contributed by atoms with Gasteiger partial charge in [0, 0.05) is 5.56 Å². The summed E-state index contributed by atoms with van der Waals surface area (Å²) in [5.74, 6) is -1.23. The van der Waals surface area contributed by atoms with Crippen LogP contribution in [-0.2, 0) is 4.79 Å². The van der Waals surface area contributed by atoms with E-state index >= 15 is 0 Å². The van der Waals surface area contributed by atoms with Crippen molar-refractivity contribution in [2.24, 2.45) is 0 Å². The zero-order valence-corrected chi connectivity index (χ0v) is 19.3. The molecule has 1 unspecified atom stereocenters. The van der Waals surface area contributed by atoms with Crippen LogP contribution in [0.5, 0.6) is 0 Å². The Morgan fingerprint density at radius 3 is 1.94 bits per heavy atom. The molecule has 1 heterocycles. The number of carboxylic acids is 1. The number of Topliss-reactive ketones (excluding diaryl/α,β-unsaturated/α-hetero) is 1. The molecule has 0 saturated heterocycles. The summed E-state index contributed by atoms with van der Waals surface area (Å²) in [6.45, 7) is 1.55. The van der Waals surface area contributed by atoms with Gasteiger partial charge in [0.25, 0.3) is 5.91 Å². The third kappa shape index (κ3) is 5.47. The summed E-state index contributed by atoms with van der Waals surface area (Å²) in [5, 5.41) is 14.0. The summed E-state index contributed by atoms with van der Waals surface area (Å²) in [4.78, 5) is 36.1. The molecule has 34 heavy (non-hydrogen) atoms. The molecule has 0 spiro atoms. The maximum absolute atomic E-state index is 12.9. The molecule has 0 aliphatic rings. The van der Waals surface area contributed by atoms with Crippen LogP contribution in [0.3, 0.4) is 0 Å². The van der Waals surface area contributed by atoms with Crippen LogP contribution in [-0.4, -0.2) is 22.8 Å². The molecule has 1 amide bonds. The Labute approximate surface area is 201 Å². The third-order valence-corrected chi connectivity index (χ3v) is 6.48. The van der Waals surface area contributed by atoms with Crippen molar-refractivity contribution in [3.8, 4) is 22.3 Å². The van der Waals surface area contributed by atoms with Gasteiger partial charge in [-0.15, -0.1) is 11.3 Å². The van der Waals surface area contributed by atoms with E-state index in [4.69, 9.17) is 0 Å². The van der Waals surface area contributed by atoms with Crippen LogP contribution in [0.25, 0.3) is 22.3 Å². The van der Waals surface area contributed by atoms with Crippen LogP contribution in [0, 0.1) is 0 Å². The van der Waals surface area contributed by atoms with Crippen molar-refractivity contribution in [1.82, 2.24) is 5.32 Å². The third-order valence-electron chi connectivity index (χ3n) is 5.55. The monoisotopic (exact) mass is 469 g/mol. The summed E-state index contributed by atoms with van der Waals surface area (Å²) in [5.41, 5.74) is 5.38. The fraction of sp³-hybridized carbons (Fsp3) is 0.107. The van der Waals surface area contributed by atoms with Crippen molar-refractivity contribution in [3.63, 3.8) is 0 Å². The molecule has 0 bridgehead atoms. The molecule has 4 rings (SSSR count). The number of amides is 1. The highest BCUT2D eigenvalue weighted by atomic mass is 32.1. The van der Waals surface area contributed by atoms with Gasteiger partial charge in [-0.25, -0.2) is 0 Å². The second kappa shape index (κ2) is 10.3. The summed E-state index contributed by atoms with van der Waals surface area (Å²) in [6.07, 6.45) is -0.192. The van der Waals surface area contributed by atoms with Gasteiger partial charge in [0.2, 0.25) is 0 Å². The minimum Gasteiger partial charge on any atom is -0.481 e. The van der Waals surface area contributed by atoms with Crippen molar-refractivity contribution >= 4 is 29.0 Å². The smallest absolute Gasteiger partial charge is 0.305 e. The van der Waals surface area contributed by atoms with E-state index in [9.17, 15) is 19.5 Å². The molecule has 0 fully saturated rings. The molecule has 5 nitrogen and oxygen atoms in total. The van der Waals surface area contributed by atoms with E-state index in [-0.39, 0.29) is 18.1 Å². The minimum absolute atomic E-state index is 0.0391. The normalized spacial score (nSPS) is 11.6. The highest BCUT2D eigenvalue weighted by Crippen LogP contribution is 2.29. The predicted octanol–water partition coefficient (Wildman–Crippen LogP) is 6.23. The Hall–Kier alpha value is -4.03. The maximum atomic E-state index is 12.9. The number of carbonyl (C=O) groups is 3. The lowest BCUT2D eigenvalue weighted by Gasteiger charge is -2.16. The molecule has 1 atom stereocenters. The van der Waals surface area contributed by atoms with Crippen LogP contribution in [0.2, 0.25) is 0 Å². The number of benzene rings is 3. The van der Waals surface area contributed by atoms with Crippen LogP contribution >= 0.6 is 11.3 Å². The number of nitrogens with one attached hydrogen (secondary N) is 1. The molecule has 0 saturated carbocycles. The largest absolute Gasteiger partial charge is 0.481 e. The van der Waals surface area contributed by atoms with Crippen LogP contribution in [0.1, 0.15) is 45.0 Å². The van der Waals surface area contributed by atoms with E-state index < -0.39 is 12.0 Å². The molecule has 1 aromatic heterocycles. The van der Waals surface area contributed by atoms with Gasteiger partial charge in [0.15, 0.2) is 5.78 Å². The van der Waals surface area contributed by atoms with E-state index in [0.29, 0.717) is 10.4 Å². The summed E-state index contributed by atoms with van der Waals surface area (Å²) < 4.78 is 0. The van der Waals surface area contributed by atoms with Crippen molar-refractivity contribution in [2.75, 3.05) is 0 Å². The first-order valence-corrected chi connectivity index (χ1v) is 11.7. The molecule has 170 valence electrons. The number of carbonyl (C=O) groups excluding carboxylic acids is 2. The first-order valence-electron chi connectivity index (χ1n) is 10.8. The fourth-order valence-electron chi connectivity index (χ4n) is 3.70. The molecular formula is C28H23NO4S. The number of rotatable bonds is 8. The Bertz CT molecular complexity index is 1310. The highest BCUT2D eigenvalue weighted by molar-refractivity contribution is 7.12. The van der Waals surface area contributed by atoms with E-state index in [1.165, 1.54) is 11.3 Å². The Kier molecular flexibility index (Phi) is 6.99. The van der Waals surface area contributed by atoms with Crippen molar-refractivity contribution < 1.29 is 19.5 Å². The number of ketones is 1. The molecule has 3 aromatic carbocycles. The SMILES string of the molecule is CC(=O)c1ccc(-c2ccc(-c3csc(C(=O)NC(CC(=O)O)c4ccccc4)c3)cc2)cc1. The molecule has 2 N–H and O–H groups in total. The highest BCUT2D eigenvalue weighted by Gasteiger charge is 2.20. The van der Waals surface area contributed by atoms with Gasteiger partial charge in [-0.1, -0.05) is 78.9 Å². The molecule has 0 aliphatic heterocycles. The van der Waals surface area contributed by atoms with E-state index in [2.05, 4.69) is 5.32 Å². The Morgan fingerprint density at radius 2 is 1.38 bits per heavy atom. The minimum atomic E-state index is -0.975. The van der Waals surface area contributed by atoms with E-state index in [1.54, 1.807) is 6.92 Å². The Morgan fingerprint density at radius 1 is 0.824 bits per heavy atom. The van der Waals surface area contributed by atoms with Crippen molar-refractivity contribution in [3.05, 3.63) is 106 Å². The van der Waals surface area contributed by atoms with E-state index in [0.717, 1.165) is 27.8 Å². The number of hydrogen-bond acceptors (Lipinski definition) is 4. The van der Waals surface area contributed by atoms with Crippen LogP contribution in [0.15, 0.2) is 90.3 Å². The first-order chi connectivity index (χ1) is 16.4. The molecule has 0 aliphatic carbocycles. The quantitative estimate of drug-likeness (QED) is 0.300. The van der Waals surface area contributed by atoms with Gasteiger partial charge in [-0.3, -0.25) is 14.4 Å². The number of thiophene rings is 1. The van der Waals surface area contributed by atoms with Gasteiger partial charge in [0.1, 0.15) is 0 Å². The van der Waals surface area contributed by atoms with Crippen molar-refractivity contribution in [2.45, 2.75) is 19.4 Å². The van der Waals surface area contributed by atoms with Crippen LogP contribution in [0.4, 0.5) is 0 Å². The fourth-order valence-corrected chi connectivity index (χ4v) is 4.52. The number of hydrogen-bond donors (Lipinski definition) is 2. The first kappa shape index (κ1) is 23.1. The maximum Gasteiger partial charge on any atom is 0.305 e. The Balaban J connectivity index is 1.48. The van der Waals surface area contributed by atoms with Gasteiger partial charge in [-0.2, -0.15) is 0 Å². The van der Waals surface area contributed by atoms with Gasteiger partial charge >= 0.3 is 5.97 Å². The lowest BCUT2D eigenvalue weighted by Crippen LogP contribution is -2.29. The molecule has 0 radical (unpaired) electrons. The molecule has 6 heteroatoms. The summed E-state index contributed by atoms with van der Waals surface area (Å²) >= 11 is 1.32. The summed E-state index contributed by atoms with van der Waals surface area (Å²) in [7, 11) is 0. The van der Waals surface area contributed by atoms with Gasteiger partial charge in [0.05, 0.1) is 17.3 Å². The average molecular weight is 470 g/mol. The van der Waals surface area contributed by atoms with Gasteiger partial charge in [-0.05, 0) is 46.2 Å². The van der Waals surface area contributed by atoms with Crippen LogP contribution < -0.4 is 5.32 Å². The zero-order chi connectivity index (χ0) is 24.1. The second-order valence-corrected chi connectivity index (χ2v) is 8.86. The molecular weight excluding hydrogens is 446 g/mol. The topological polar surface area (TPSA) is 83.5 Å². The zero-order valence-electron chi connectivity index (χ0n) is 18.5. The summed E-state index contributed by atoms with van der Waals surface area (Å²) in [6, 6.07) is 25.8. The number of aliphatic carboxylic acids is 1. The lowest BCUT2D eigenvalue weighted by atomic mass is 10.00. The van der Waals surface area contributed by atoms with Gasteiger partial charge < -0.3 is 10.4 Å². The van der Waals surface area contributed by atoms with Crippen molar-refractivity contribution in [1.29, 1.82) is 0 Å². The average Bonchev–Trinajstić information content (AvgIpc) is 3.35. The number of carboxylic acid groups (broad SMARTS) is 1. The second-order valence-electron chi connectivity index (χ2n) is 7.95. The predicted molar refractivity (Wildman–Crippen MR) is 134 cm³/mol. The molecule has 4 aromatic rings. The lowest BCUT2D eigenvalue weighted by molar-refractivity contribution is -0.137.